The van der Waals surface area contributed by atoms with E-state index >= 15 is 0 Å². The molecule has 0 atom stereocenters. The van der Waals surface area contributed by atoms with Crippen molar-refractivity contribution in [3.05, 3.63) is 63.1 Å². The molecular weight excluding hydrogens is 359 g/mol. The molecule has 25 heavy (non-hydrogen) atoms. The second-order valence-corrected chi connectivity index (χ2v) is 6.50. The second kappa shape index (κ2) is 8.88. The molecule has 0 aliphatic heterocycles. The normalized spacial score (nSPS) is 10.4. The lowest BCUT2D eigenvalue weighted by Crippen LogP contribution is -2.36. The van der Waals surface area contributed by atoms with Gasteiger partial charge in [-0.1, -0.05) is 54.4 Å². The van der Waals surface area contributed by atoms with Crippen molar-refractivity contribution in [3.63, 3.8) is 0 Å². The third kappa shape index (κ3) is 5.21. The topological polar surface area (TPSA) is 58.2 Å². The van der Waals surface area contributed by atoms with E-state index in [1.54, 1.807) is 18.2 Å². The van der Waals surface area contributed by atoms with Crippen LogP contribution in [-0.4, -0.2) is 18.4 Å². The molecule has 2 N–H and O–H groups in total. The van der Waals surface area contributed by atoms with Crippen LogP contribution in [0.15, 0.2) is 36.4 Å². The van der Waals surface area contributed by atoms with Crippen molar-refractivity contribution < 1.29 is 9.59 Å². The number of amides is 2. The van der Waals surface area contributed by atoms with Gasteiger partial charge in [-0.3, -0.25) is 9.59 Å². The molecule has 2 aromatic rings. The summed E-state index contributed by atoms with van der Waals surface area (Å²) in [5.74, 6) is -1.35. The molecule has 0 aliphatic rings. The fraction of sp³-hybridized carbons (Fsp3) is 0.263. The second-order valence-electron chi connectivity index (χ2n) is 5.66. The molecule has 0 unspecified atom stereocenters. The predicted molar refractivity (Wildman–Crippen MR) is 102 cm³/mol. The van der Waals surface area contributed by atoms with E-state index in [2.05, 4.69) is 10.6 Å². The van der Waals surface area contributed by atoms with Gasteiger partial charge >= 0.3 is 11.8 Å². The van der Waals surface area contributed by atoms with Crippen LogP contribution in [0.3, 0.4) is 0 Å². The summed E-state index contributed by atoms with van der Waals surface area (Å²) in [5.41, 5.74) is 3.48. The number of carbonyl (C=O) groups excluding carboxylic acids is 2. The fourth-order valence-corrected chi connectivity index (χ4v) is 2.99. The van der Waals surface area contributed by atoms with Gasteiger partial charge in [-0.2, -0.15) is 0 Å². The van der Waals surface area contributed by atoms with E-state index < -0.39 is 11.8 Å². The zero-order valence-corrected chi connectivity index (χ0v) is 15.7. The molecule has 0 spiro atoms. The monoisotopic (exact) mass is 378 g/mol. The molecular formula is C19H20Cl2N2O2. The van der Waals surface area contributed by atoms with Crippen molar-refractivity contribution in [1.82, 2.24) is 5.32 Å². The van der Waals surface area contributed by atoms with Crippen molar-refractivity contribution >= 4 is 40.7 Å². The van der Waals surface area contributed by atoms with E-state index in [4.69, 9.17) is 23.2 Å². The molecule has 0 aliphatic carbocycles. The number of hydrogen-bond acceptors (Lipinski definition) is 2. The minimum atomic E-state index is -0.675. The summed E-state index contributed by atoms with van der Waals surface area (Å²) in [4.78, 5) is 24.1. The van der Waals surface area contributed by atoms with Gasteiger partial charge in [0.1, 0.15) is 0 Å². The van der Waals surface area contributed by atoms with Crippen molar-refractivity contribution in [2.24, 2.45) is 0 Å². The average molecular weight is 379 g/mol. The van der Waals surface area contributed by atoms with Crippen LogP contribution in [-0.2, 0) is 22.4 Å². The molecule has 0 heterocycles. The van der Waals surface area contributed by atoms with Gasteiger partial charge in [-0.05, 0) is 48.6 Å². The van der Waals surface area contributed by atoms with E-state index in [0.29, 0.717) is 28.7 Å². The molecule has 0 bridgehead atoms. The first-order valence-corrected chi connectivity index (χ1v) is 8.79. The van der Waals surface area contributed by atoms with Crippen LogP contribution < -0.4 is 10.6 Å². The Morgan fingerprint density at radius 3 is 2.48 bits per heavy atom. The van der Waals surface area contributed by atoms with E-state index in [1.807, 2.05) is 32.0 Å². The lowest BCUT2D eigenvalue weighted by atomic mass is 10.1. The van der Waals surface area contributed by atoms with Gasteiger partial charge < -0.3 is 10.6 Å². The summed E-state index contributed by atoms with van der Waals surface area (Å²) in [6.07, 6.45) is 1.29. The van der Waals surface area contributed by atoms with Crippen LogP contribution in [0.2, 0.25) is 10.0 Å². The Labute approximate surface area is 157 Å². The number of anilines is 1. The van der Waals surface area contributed by atoms with Gasteiger partial charge in [0.15, 0.2) is 0 Å². The molecule has 2 rings (SSSR count). The van der Waals surface area contributed by atoms with Crippen molar-refractivity contribution in [2.75, 3.05) is 11.9 Å². The molecule has 132 valence electrons. The van der Waals surface area contributed by atoms with E-state index in [1.165, 1.54) is 0 Å². The van der Waals surface area contributed by atoms with Crippen LogP contribution in [0.1, 0.15) is 23.6 Å². The Kier molecular flexibility index (Phi) is 6.85. The van der Waals surface area contributed by atoms with Gasteiger partial charge in [0.25, 0.3) is 0 Å². The average Bonchev–Trinajstić information content (AvgIpc) is 2.58. The molecule has 4 nitrogen and oxygen atoms in total. The zero-order valence-electron chi connectivity index (χ0n) is 14.2. The molecule has 0 saturated carbocycles. The van der Waals surface area contributed by atoms with Crippen LogP contribution in [0.5, 0.6) is 0 Å². The number of halogens is 2. The maximum absolute atomic E-state index is 12.1. The van der Waals surface area contributed by atoms with Gasteiger partial charge in [0.05, 0.1) is 0 Å². The highest BCUT2D eigenvalue weighted by molar-refractivity contribution is 6.39. The Morgan fingerprint density at radius 1 is 1.04 bits per heavy atom. The lowest BCUT2D eigenvalue weighted by molar-refractivity contribution is -0.136. The number of benzene rings is 2. The fourth-order valence-electron chi connectivity index (χ4n) is 2.49. The van der Waals surface area contributed by atoms with Gasteiger partial charge in [-0.25, -0.2) is 0 Å². The molecule has 2 amide bonds. The highest BCUT2D eigenvalue weighted by Crippen LogP contribution is 2.22. The Balaban J connectivity index is 1.92. The van der Waals surface area contributed by atoms with Crippen LogP contribution in [0.4, 0.5) is 5.69 Å². The van der Waals surface area contributed by atoms with Crippen LogP contribution in [0, 0.1) is 6.92 Å². The van der Waals surface area contributed by atoms with Crippen molar-refractivity contribution in [3.8, 4) is 0 Å². The minimum absolute atomic E-state index is 0.308. The van der Waals surface area contributed by atoms with E-state index in [-0.39, 0.29) is 0 Å². The Bertz CT molecular complexity index is 791. The first-order valence-electron chi connectivity index (χ1n) is 8.04. The predicted octanol–water partition coefficient (Wildman–Crippen LogP) is 4.16. The Morgan fingerprint density at radius 2 is 1.80 bits per heavy atom. The summed E-state index contributed by atoms with van der Waals surface area (Å²) in [7, 11) is 0. The van der Waals surface area contributed by atoms with E-state index in [9.17, 15) is 9.59 Å². The molecule has 6 heteroatoms. The van der Waals surface area contributed by atoms with Crippen LogP contribution in [0.25, 0.3) is 0 Å². The zero-order chi connectivity index (χ0) is 18.4. The molecule has 0 fully saturated rings. The number of hydrogen-bond donors (Lipinski definition) is 2. The third-order valence-electron chi connectivity index (χ3n) is 3.88. The van der Waals surface area contributed by atoms with Gasteiger partial charge in [0, 0.05) is 22.3 Å². The molecule has 0 radical (unpaired) electrons. The standard InChI is InChI=1S/C19H20Cl2N2O2/c1-3-13-6-4-5-12(2)17(13)23-19(25)18(24)22-10-9-14-7-8-15(20)11-16(14)21/h4-8,11H,3,9-10H2,1-2H3,(H,22,24)(H,23,25). The quantitative estimate of drug-likeness (QED) is 0.767. The van der Waals surface area contributed by atoms with Gasteiger partial charge in [-0.15, -0.1) is 0 Å². The first kappa shape index (κ1) is 19.3. The van der Waals surface area contributed by atoms with E-state index in [0.717, 1.165) is 23.1 Å². The summed E-state index contributed by atoms with van der Waals surface area (Å²) in [5, 5.41) is 6.41. The Hall–Kier alpha value is -2.04. The highest BCUT2D eigenvalue weighted by atomic mass is 35.5. The molecule has 2 aromatic carbocycles. The maximum Gasteiger partial charge on any atom is 0.313 e. The minimum Gasteiger partial charge on any atom is -0.347 e. The van der Waals surface area contributed by atoms with Crippen molar-refractivity contribution in [1.29, 1.82) is 0 Å². The van der Waals surface area contributed by atoms with Crippen LogP contribution >= 0.6 is 23.2 Å². The number of aryl methyl sites for hydroxylation is 2. The number of nitrogens with one attached hydrogen (secondary N) is 2. The maximum atomic E-state index is 12.1. The summed E-state index contributed by atoms with van der Waals surface area (Å²) in [6.45, 7) is 4.21. The lowest BCUT2D eigenvalue weighted by Gasteiger charge is -2.13. The molecule has 0 aromatic heterocycles. The summed E-state index contributed by atoms with van der Waals surface area (Å²) >= 11 is 11.9. The summed E-state index contributed by atoms with van der Waals surface area (Å²) < 4.78 is 0. The largest absolute Gasteiger partial charge is 0.347 e. The first-order chi connectivity index (χ1) is 11.9. The SMILES string of the molecule is CCc1cccc(C)c1NC(=O)C(=O)NCCc1ccc(Cl)cc1Cl. The van der Waals surface area contributed by atoms with Crippen molar-refractivity contribution in [2.45, 2.75) is 26.7 Å². The highest BCUT2D eigenvalue weighted by Gasteiger charge is 2.16. The van der Waals surface area contributed by atoms with Gasteiger partial charge in [0.2, 0.25) is 0 Å². The molecule has 0 saturated heterocycles. The third-order valence-corrected chi connectivity index (χ3v) is 4.47. The summed E-state index contributed by atoms with van der Waals surface area (Å²) in [6, 6.07) is 11.0. The number of rotatable bonds is 5. The number of carbonyl (C=O) groups is 2. The number of para-hydroxylation sites is 1. The smallest absolute Gasteiger partial charge is 0.313 e.